The highest BCUT2D eigenvalue weighted by atomic mass is 35.5. The zero-order valence-electron chi connectivity index (χ0n) is 16.0. The van der Waals surface area contributed by atoms with Crippen LogP contribution in [0.2, 0.25) is 5.02 Å². The third-order valence-corrected chi connectivity index (χ3v) is 4.68. The van der Waals surface area contributed by atoms with E-state index in [0.29, 0.717) is 23.6 Å². The van der Waals surface area contributed by atoms with Crippen molar-refractivity contribution in [3.8, 4) is 5.69 Å². The predicted molar refractivity (Wildman–Crippen MR) is 104 cm³/mol. The molecule has 0 saturated heterocycles. The number of nitrogens with one attached hydrogen (secondary N) is 1. The molecule has 0 spiro atoms. The molecule has 1 aliphatic heterocycles. The number of nitrogens with two attached hydrogens (primary N) is 1. The molecule has 0 radical (unpaired) electrons. The van der Waals surface area contributed by atoms with Crippen molar-refractivity contribution in [2.45, 2.75) is 52.3 Å². The van der Waals surface area contributed by atoms with Crippen LogP contribution in [0.25, 0.3) is 5.69 Å². The van der Waals surface area contributed by atoms with Crippen molar-refractivity contribution >= 4 is 17.7 Å². The Labute approximate surface area is 163 Å². The number of carbonyl (C=O) groups is 1. The second kappa shape index (κ2) is 7.05. The first kappa shape index (κ1) is 19.5. The van der Waals surface area contributed by atoms with Gasteiger partial charge >= 0.3 is 6.09 Å². The highest BCUT2D eigenvalue weighted by molar-refractivity contribution is 6.30. The first-order valence-electron chi connectivity index (χ1n) is 8.93. The summed E-state index contributed by atoms with van der Waals surface area (Å²) in [6, 6.07) is 5.21. The normalized spacial score (nSPS) is 15.4. The van der Waals surface area contributed by atoms with Crippen LogP contribution >= 0.6 is 11.6 Å². The summed E-state index contributed by atoms with van der Waals surface area (Å²) in [5.41, 5.74) is 8.30. The molecular formula is C19H25ClN4O3. The van der Waals surface area contributed by atoms with Gasteiger partial charge in [0.1, 0.15) is 5.60 Å². The van der Waals surface area contributed by atoms with E-state index in [-0.39, 0.29) is 18.1 Å². The fraction of sp³-hybridized carbons (Fsp3) is 0.474. The molecule has 8 heteroatoms. The summed E-state index contributed by atoms with van der Waals surface area (Å²) < 4.78 is 7.17. The number of fused-ring (bicyclic) bond motifs is 1. The Balaban J connectivity index is 1.98. The number of nitrogens with zero attached hydrogens (tertiary/aromatic N) is 2. The van der Waals surface area contributed by atoms with Gasteiger partial charge in [0.2, 0.25) is 0 Å². The lowest BCUT2D eigenvalue weighted by Gasteiger charge is -2.30. The van der Waals surface area contributed by atoms with Gasteiger partial charge in [0, 0.05) is 24.0 Å². The van der Waals surface area contributed by atoms with Gasteiger partial charge in [-0.15, -0.1) is 0 Å². The molecule has 0 aliphatic carbocycles. The predicted octanol–water partition coefficient (Wildman–Crippen LogP) is 3.13. The average molecular weight is 393 g/mol. The van der Waals surface area contributed by atoms with Gasteiger partial charge in [-0.2, -0.15) is 0 Å². The highest BCUT2D eigenvalue weighted by Gasteiger charge is 2.30. The molecule has 1 aromatic heterocycles. The number of benzene rings is 1. The second-order valence-electron chi connectivity index (χ2n) is 7.85. The lowest BCUT2D eigenvalue weighted by molar-refractivity contribution is 0.0222. The molecular weight excluding hydrogens is 368 g/mol. The van der Waals surface area contributed by atoms with Crippen LogP contribution in [0.3, 0.4) is 0 Å². The molecule has 7 nitrogen and oxygen atoms in total. The molecule has 3 rings (SSSR count). The molecule has 27 heavy (non-hydrogen) atoms. The average Bonchev–Trinajstić information content (AvgIpc) is 2.89. The third kappa shape index (κ3) is 4.04. The Morgan fingerprint density at radius 3 is 2.70 bits per heavy atom. The number of ether oxygens (including phenoxy) is 1. The topological polar surface area (TPSA) is 93.4 Å². The number of rotatable bonds is 2. The van der Waals surface area contributed by atoms with Crippen molar-refractivity contribution in [2.24, 2.45) is 5.73 Å². The summed E-state index contributed by atoms with van der Waals surface area (Å²) in [7, 11) is 0. The van der Waals surface area contributed by atoms with Crippen LogP contribution in [0.5, 0.6) is 0 Å². The summed E-state index contributed by atoms with van der Waals surface area (Å²) in [6.45, 7) is 8.01. The van der Waals surface area contributed by atoms with E-state index in [1.165, 1.54) is 0 Å². The number of amides is 1. The zero-order chi connectivity index (χ0) is 19.9. The summed E-state index contributed by atoms with van der Waals surface area (Å²) in [4.78, 5) is 26.5. The number of hydrogen-bond acceptors (Lipinski definition) is 4. The number of H-pyrrole nitrogens is 1. The minimum absolute atomic E-state index is 0.209. The first-order valence-corrected chi connectivity index (χ1v) is 9.30. The molecule has 0 fully saturated rings. The molecule has 0 bridgehead atoms. The maximum absolute atomic E-state index is 12.6. The Morgan fingerprint density at radius 2 is 2.07 bits per heavy atom. The molecule has 2 heterocycles. The van der Waals surface area contributed by atoms with Crippen LogP contribution in [0.15, 0.2) is 23.0 Å². The van der Waals surface area contributed by atoms with E-state index in [2.05, 4.69) is 5.10 Å². The number of aromatic amines is 1. The molecule has 2 aromatic rings. The van der Waals surface area contributed by atoms with Crippen molar-refractivity contribution in [1.29, 1.82) is 0 Å². The van der Waals surface area contributed by atoms with Crippen LogP contribution in [0, 0.1) is 0 Å². The van der Waals surface area contributed by atoms with Crippen molar-refractivity contribution in [2.75, 3.05) is 6.54 Å². The third-order valence-electron chi connectivity index (χ3n) is 4.45. The minimum atomic E-state index is -0.581. The van der Waals surface area contributed by atoms with Crippen molar-refractivity contribution < 1.29 is 9.53 Å². The van der Waals surface area contributed by atoms with Gasteiger partial charge in [-0.25, -0.2) is 4.79 Å². The van der Waals surface area contributed by atoms with E-state index in [1.54, 1.807) is 21.7 Å². The number of hydrogen-bond donors (Lipinski definition) is 2. The van der Waals surface area contributed by atoms with Crippen molar-refractivity contribution in [3.05, 3.63) is 50.4 Å². The van der Waals surface area contributed by atoms with Crippen LogP contribution in [-0.4, -0.2) is 32.9 Å². The van der Waals surface area contributed by atoms with Gasteiger partial charge in [-0.3, -0.25) is 14.6 Å². The van der Waals surface area contributed by atoms with Crippen molar-refractivity contribution in [1.82, 2.24) is 14.7 Å². The summed E-state index contributed by atoms with van der Waals surface area (Å²) in [5, 5.41) is 3.43. The fourth-order valence-corrected chi connectivity index (χ4v) is 3.39. The summed E-state index contributed by atoms with van der Waals surface area (Å²) in [6.07, 6.45) is 0.109. The Morgan fingerprint density at radius 1 is 1.37 bits per heavy atom. The summed E-state index contributed by atoms with van der Waals surface area (Å²) in [5.74, 6) is 0. The van der Waals surface area contributed by atoms with E-state index >= 15 is 0 Å². The van der Waals surface area contributed by atoms with Gasteiger partial charge in [0.15, 0.2) is 0 Å². The highest BCUT2D eigenvalue weighted by Crippen LogP contribution is 2.27. The number of carbonyl (C=O) groups excluding carboxylic acids is 1. The molecule has 1 amide bonds. The van der Waals surface area contributed by atoms with Gasteiger partial charge in [0.05, 0.1) is 23.5 Å². The molecule has 3 N–H and O–H groups in total. The zero-order valence-corrected chi connectivity index (χ0v) is 16.8. The smallest absolute Gasteiger partial charge is 0.410 e. The lowest BCUT2D eigenvalue weighted by atomic mass is 10.0. The van der Waals surface area contributed by atoms with E-state index < -0.39 is 11.7 Å². The van der Waals surface area contributed by atoms with E-state index in [1.807, 2.05) is 33.8 Å². The minimum Gasteiger partial charge on any atom is -0.444 e. The van der Waals surface area contributed by atoms with Crippen LogP contribution in [-0.2, 0) is 17.7 Å². The molecule has 1 aromatic carbocycles. The molecule has 0 saturated carbocycles. The molecule has 0 unspecified atom stereocenters. The Kier molecular flexibility index (Phi) is 5.10. The molecule has 146 valence electrons. The lowest BCUT2D eigenvalue weighted by Crippen LogP contribution is -2.41. The van der Waals surface area contributed by atoms with Crippen LogP contribution in [0.1, 0.15) is 50.6 Å². The monoisotopic (exact) mass is 392 g/mol. The number of aromatic nitrogens is 2. The van der Waals surface area contributed by atoms with Crippen molar-refractivity contribution in [3.63, 3.8) is 0 Å². The van der Waals surface area contributed by atoms with E-state index in [4.69, 9.17) is 22.1 Å². The quantitative estimate of drug-likeness (QED) is 0.821. The van der Waals surface area contributed by atoms with Gasteiger partial charge in [-0.1, -0.05) is 17.7 Å². The number of halogens is 1. The first-order chi connectivity index (χ1) is 12.6. The van der Waals surface area contributed by atoms with Crippen LogP contribution in [0.4, 0.5) is 4.79 Å². The molecule has 1 aliphatic rings. The second-order valence-corrected chi connectivity index (χ2v) is 8.28. The molecule has 1 atom stereocenters. The summed E-state index contributed by atoms with van der Waals surface area (Å²) >= 11 is 6.17. The SMILES string of the molecule is C[C@H](N)c1ccc(Cl)cc1-n1[nH]c(=O)c2c1CCN(C(=O)OC(C)(C)C)C2. The Hall–Kier alpha value is -2.25. The van der Waals surface area contributed by atoms with Gasteiger partial charge in [0.25, 0.3) is 5.56 Å². The standard InChI is InChI=1S/C19H25ClN4O3/c1-11(21)13-6-5-12(20)9-16(13)24-15-7-8-23(10-14(15)17(25)22-24)18(26)27-19(2,3)4/h5-6,9,11H,7-8,10,21H2,1-4H3,(H,22,25)/t11-/m0/s1. The van der Waals surface area contributed by atoms with E-state index in [0.717, 1.165) is 16.9 Å². The van der Waals surface area contributed by atoms with Gasteiger partial charge < -0.3 is 15.4 Å². The van der Waals surface area contributed by atoms with Crippen LogP contribution < -0.4 is 11.3 Å². The maximum Gasteiger partial charge on any atom is 0.410 e. The van der Waals surface area contributed by atoms with E-state index in [9.17, 15) is 9.59 Å². The van der Waals surface area contributed by atoms with Gasteiger partial charge in [-0.05, 0) is 45.4 Å². The Bertz CT molecular complexity index is 924. The fourth-order valence-electron chi connectivity index (χ4n) is 3.22. The largest absolute Gasteiger partial charge is 0.444 e. The maximum atomic E-state index is 12.6.